The Morgan fingerprint density at radius 2 is 1.42 bits per heavy atom. The molecular weight excluding hydrogens is 336 g/mol. The van der Waals surface area contributed by atoms with Gasteiger partial charge in [0.2, 0.25) is 0 Å². The summed E-state index contributed by atoms with van der Waals surface area (Å²) in [5, 5.41) is 0. The highest BCUT2D eigenvalue weighted by Crippen LogP contribution is 2.29. The monoisotopic (exact) mass is 368 g/mol. The molecule has 148 valence electrons. The van der Waals surface area contributed by atoms with Crippen molar-refractivity contribution in [3.63, 3.8) is 0 Å². The third-order valence-corrected chi connectivity index (χ3v) is 4.32. The maximum Gasteiger partial charge on any atom is 0.345 e. The van der Waals surface area contributed by atoms with Gasteiger partial charge in [-0.1, -0.05) is 6.07 Å². The Bertz CT molecular complexity index is 557. The molecule has 0 aromatic heterocycles. The lowest BCUT2D eigenvalue weighted by Crippen LogP contribution is -2.31. The van der Waals surface area contributed by atoms with Crippen LogP contribution in [0.15, 0.2) is 18.2 Å². The van der Waals surface area contributed by atoms with E-state index in [1.54, 1.807) is 25.3 Å². The molecule has 0 radical (unpaired) electrons. The van der Waals surface area contributed by atoms with Crippen molar-refractivity contribution >= 4 is 5.97 Å². The summed E-state index contributed by atoms with van der Waals surface area (Å²) < 4.78 is 27.2. The number of carbonyl (C=O) groups is 1. The van der Waals surface area contributed by atoms with E-state index in [1.165, 1.54) is 14.2 Å². The first-order valence-electron chi connectivity index (χ1n) is 8.73. The lowest BCUT2D eigenvalue weighted by Gasteiger charge is -2.28. The Kier molecular flexibility index (Phi) is 8.37. The van der Waals surface area contributed by atoms with Crippen LogP contribution in [0.1, 0.15) is 50.9 Å². The molecule has 0 atom stereocenters. The van der Waals surface area contributed by atoms with E-state index in [-0.39, 0.29) is 17.8 Å². The molecule has 1 aromatic carbocycles. The fourth-order valence-electron chi connectivity index (χ4n) is 2.26. The van der Waals surface area contributed by atoms with Gasteiger partial charge >= 0.3 is 5.97 Å². The molecule has 0 spiro atoms. The number of ether oxygens (including phenoxy) is 5. The van der Waals surface area contributed by atoms with Crippen LogP contribution in [0, 0.1) is 0 Å². The zero-order valence-electron chi connectivity index (χ0n) is 17.0. The number of methoxy groups -OCH3 is 3. The molecule has 0 saturated heterocycles. The van der Waals surface area contributed by atoms with Crippen LogP contribution in [-0.2, 0) is 14.2 Å². The number of esters is 1. The van der Waals surface area contributed by atoms with Crippen molar-refractivity contribution in [3.05, 3.63) is 23.8 Å². The van der Waals surface area contributed by atoms with Gasteiger partial charge in [0, 0.05) is 13.5 Å². The molecule has 0 N–H and O–H groups in total. The van der Waals surface area contributed by atoms with Gasteiger partial charge in [0.25, 0.3) is 0 Å². The van der Waals surface area contributed by atoms with Crippen molar-refractivity contribution in [1.82, 2.24) is 0 Å². The largest absolute Gasteiger partial charge is 0.496 e. The van der Waals surface area contributed by atoms with E-state index in [2.05, 4.69) is 0 Å². The first-order valence-corrected chi connectivity index (χ1v) is 8.73. The summed E-state index contributed by atoms with van der Waals surface area (Å²) in [5.41, 5.74) is -0.337. The van der Waals surface area contributed by atoms with Gasteiger partial charge in [0.05, 0.1) is 38.6 Å². The Labute approximate surface area is 156 Å². The van der Waals surface area contributed by atoms with Crippen molar-refractivity contribution in [2.24, 2.45) is 0 Å². The standard InChI is InChI=1S/C20H32O6/c1-19(2,24-7)12-14-26-20(3,4)11-13-25-18(21)17-15(22-5)9-8-10-16(17)23-6/h8-10H,11-14H2,1-7H3. The molecule has 0 aliphatic carbocycles. The third kappa shape index (κ3) is 6.84. The van der Waals surface area contributed by atoms with Gasteiger partial charge in [-0.2, -0.15) is 0 Å². The highest BCUT2D eigenvalue weighted by atomic mass is 16.5. The summed E-state index contributed by atoms with van der Waals surface area (Å²) in [4.78, 5) is 12.4. The average Bonchev–Trinajstić information content (AvgIpc) is 2.60. The zero-order valence-corrected chi connectivity index (χ0v) is 17.0. The molecule has 0 amide bonds. The van der Waals surface area contributed by atoms with Crippen LogP contribution in [0.3, 0.4) is 0 Å². The fraction of sp³-hybridized carbons (Fsp3) is 0.650. The van der Waals surface area contributed by atoms with E-state index < -0.39 is 11.6 Å². The Balaban J connectivity index is 2.55. The molecule has 6 heteroatoms. The van der Waals surface area contributed by atoms with E-state index in [9.17, 15) is 4.79 Å². The number of hydrogen-bond donors (Lipinski definition) is 0. The summed E-state index contributed by atoms with van der Waals surface area (Å²) in [6.07, 6.45) is 1.36. The molecule has 26 heavy (non-hydrogen) atoms. The summed E-state index contributed by atoms with van der Waals surface area (Å²) in [6, 6.07) is 5.15. The van der Waals surface area contributed by atoms with Crippen molar-refractivity contribution in [1.29, 1.82) is 0 Å². The number of rotatable bonds is 11. The van der Waals surface area contributed by atoms with Gasteiger partial charge in [-0.25, -0.2) is 4.79 Å². The Hall–Kier alpha value is -1.79. The molecule has 0 aliphatic rings. The van der Waals surface area contributed by atoms with Crippen LogP contribution in [0.5, 0.6) is 11.5 Å². The van der Waals surface area contributed by atoms with E-state index in [0.717, 1.165) is 6.42 Å². The van der Waals surface area contributed by atoms with E-state index in [1.807, 2.05) is 27.7 Å². The van der Waals surface area contributed by atoms with Crippen LogP contribution in [0.2, 0.25) is 0 Å². The van der Waals surface area contributed by atoms with Gasteiger partial charge in [-0.3, -0.25) is 0 Å². The molecule has 0 fully saturated rings. The minimum absolute atomic E-state index is 0.219. The zero-order chi connectivity index (χ0) is 19.8. The van der Waals surface area contributed by atoms with Gasteiger partial charge in [-0.15, -0.1) is 0 Å². The molecule has 1 aromatic rings. The van der Waals surface area contributed by atoms with E-state index >= 15 is 0 Å². The second kappa shape index (κ2) is 9.78. The quantitative estimate of drug-likeness (QED) is 0.553. The Morgan fingerprint density at radius 1 is 0.885 bits per heavy atom. The highest BCUT2D eigenvalue weighted by molar-refractivity contribution is 5.95. The van der Waals surface area contributed by atoms with Crippen LogP contribution in [0.25, 0.3) is 0 Å². The second-order valence-corrected chi connectivity index (χ2v) is 7.25. The van der Waals surface area contributed by atoms with E-state index in [4.69, 9.17) is 23.7 Å². The maximum absolute atomic E-state index is 12.4. The molecule has 0 heterocycles. The van der Waals surface area contributed by atoms with Crippen LogP contribution < -0.4 is 9.47 Å². The summed E-state index contributed by atoms with van der Waals surface area (Å²) in [5.74, 6) is 0.369. The number of hydrogen-bond acceptors (Lipinski definition) is 6. The van der Waals surface area contributed by atoms with Crippen molar-refractivity contribution in [3.8, 4) is 11.5 Å². The first-order chi connectivity index (χ1) is 12.2. The molecule has 0 saturated carbocycles. The van der Waals surface area contributed by atoms with Crippen molar-refractivity contribution in [2.75, 3.05) is 34.5 Å². The lowest BCUT2D eigenvalue weighted by atomic mass is 10.0. The topological polar surface area (TPSA) is 63.2 Å². The maximum atomic E-state index is 12.4. The predicted molar refractivity (Wildman–Crippen MR) is 100 cm³/mol. The second-order valence-electron chi connectivity index (χ2n) is 7.25. The Morgan fingerprint density at radius 3 is 1.92 bits per heavy atom. The lowest BCUT2D eigenvalue weighted by molar-refractivity contribution is -0.0669. The predicted octanol–water partition coefficient (Wildman–Crippen LogP) is 3.86. The molecule has 6 nitrogen and oxygen atoms in total. The average molecular weight is 368 g/mol. The number of carbonyl (C=O) groups excluding carboxylic acids is 1. The summed E-state index contributed by atoms with van der Waals surface area (Å²) in [7, 11) is 4.70. The minimum atomic E-state index is -0.476. The van der Waals surface area contributed by atoms with E-state index in [0.29, 0.717) is 24.5 Å². The molecule has 0 unspecified atom stereocenters. The van der Waals surface area contributed by atoms with Gasteiger partial charge < -0.3 is 23.7 Å². The smallest absolute Gasteiger partial charge is 0.345 e. The molecule has 0 bridgehead atoms. The summed E-state index contributed by atoms with van der Waals surface area (Å²) in [6.45, 7) is 8.80. The van der Waals surface area contributed by atoms with Crippen LogP contribution in [0.4, 0.5) is 0 Å². The van der Waals surface area contributed by atoms with Crippen LogP contribution >= 0.6 is 0 Å². The van der Waals surface area contributed by atoms with Gasteiger partial charge in [-0.05, 0) is 46.2 Å². The van der Waals surface area contributed by atoms with Gasteiger partial charge in [0.1, 0.15) is 17.1 Å². The van der Waals surface area contributed by atoms with Crippen molar-refractivity contribution in [2.45, 2.75) is 51.7 Å². The SMILES string of the molecule is COc1cccc(OC)c1C(=O)OCCC(C)(C)OCCC(C)(C)OC. The minimum Gasteiger partial charge on any atom is -0.496 e. The van der Waals surface area contributed by atoms with Crippen molar-refractivity contribution < 1.29 is 28.5 Å². The molecule has 0 aliphatic heterocycles. The fourth-order valence-corrected chi connectivity index (χ4v) is 2.26. The molecular formula is C20H32O6. The number of benzene rings is 1. The molecule has 1 rings (SSSR count). The van der Waals surface area contributed by atoms with Crippen LogP contribution in [-0.4, -0.2) is 51.7 Å². The normalized spacial score (nSPS) is 12.0. The third-order valence-electron chi connectivity index (χ3n) is 4.32. The summed E-state index contributed by atoms with van der Waals surface area (Å²) >= 11 is 0. The highest BCUT2D eigenvalue weighted by Gasteiger charge is 2.24. The first kappa shape index (κ1) is 22.3. The van der Waals surface area contributed by atoms with Gasteiger partial charge in [0.15, 0.2) is 0 Å².